The molecule has 1 heterocycles. The fourth-order valence-electron chi connectivity index (χ4n) is 1.47. The van der Waals surface area contributed by atoms with Crippen molar-refractivity contribution in [3.05, 3.63) is 0 Å². The molecule has 0 saturated carbocycles. The number of nitrogens with two attached hydrogens (primary N) is 2. The van der Waals surface area contributed by atoms with Crippen LogP contribution in [0.3, 0.4) is 0 Å². The summed E-state index contributed by atoms with van der Waals surface area (Å²) in [4.78, 5) is 22.1. The van der Waals surface area contributed by atoms with Crippen LogP contribution in [0.1, 0.15) is 19.3 Å². The number of carbonyl (C=O) groups excluding carboxylic acids is 2. The first-order valence-electron chi connectivity index (χ1n) is 5.01. The van der Waals surface area contributed by atoms with E-state index in [1.54, 1.807) is 0 Å². The highest BCUT2D eigenvalue weighted by Crippen LogP contribution is 2.16. The quantitative estimate of drug-likeness (QED) is 0.590. The van der Waals surface area contributed by atoms with E-state index in [1.807, 2.05) is 11.8 Å². The molecule has 0 spiro atoms. The van der Waals surface area contributed by atoms with Gasteiger partial charge in [-0.15, -0.1) is 0 Å². The lowest BCUT2D eigenvalue weighted by Gasteiger charge is -2.23. The van der Waals surface area contributed by atoms with E-state index in [-0.39, 0.29) is 18.4 Å². The predicted octanol–water partition coefficient (Wildman–Crippen LogP) is -0.799. The molecule has 0 bridgehead atoms. The van der Waals surface area contributed by atoms with Crippen LogP contribution in [0.2, 0.25) is 0 Å². The van der Waals surface area contributed by atoms with Crippen LogP contribution in [-0.4, -0.2) is 35.4 Å². The molecule has 5 nitrogen and oxygen atoms in total. The van der Waals surface area contributed by atoms with Gasteiger partial charge in [0.2, 0.25) is 11.8 Å². The molecule has 0 aromatic carbocycles. The lowest BCUT2D eigenvalue weighted by atomic mass is 10.1. The van der Waals surface area contributed by atoms with E-state index in [1.165, 1.54) is 0 Å². The van der Waals surface area contributed by atoms with Gasteiger partial charge in [0.1, 0.15) is 0 Å². The molecule has 0 aromatic rings. The van der Waals surface area contributed by atoms with Crippen molar-refractivity contribution in [3.8, 4) is 0 Å². The van der Waals surface area contributed by atoms with Gasteiger partial charge in [0.05, 0.1) is 12.5 Å². The van der Waals surface area contributed by atoms with Crippen LogP contribution in [0.15, 0.2) is 0 Å². The summed E-state index contributed by atoms with van der Waals surface area (Å²) in [5.41, 5.74) is 10.5. The number of hydrogen-bond donors (Lipinski definition) is 3. The number of nitrogens with one attached hydrogen (secondary N) is 1. The summed E-state index contributed by atoms with van der Waals surface area (Å²) in [6.45, 7) is 0. The van der Waals surface area contributed by atoms with Crippen LogP contribution in [-0.2, 0) is 9.59 Å². The molecule has 1 aliphatic rings. The Morgan fingerprint density at radius 3 is 2.80 bits per heavy atom. The minimum Gasteiger partial charge on any atom is -0.370 e. The first kappa shape index (κ1) is 12.3. The van der Waals surface area contributed by atoms with Gasteiger partial charge in [-0.1, -0.05) is 0 Å². The molecule has 86 valence electrons. The van der Waals surface area contributed by atoms with Crippen LogP contribution >= 0.6 is 11.8 Å². The zero-order valence-electron chi connectivity index (χ0n) is 8.57. The van der Waals surface area contributed by atoms with Crippen LogP contribution in [0.5, 0.6) is 0 Å². The molecule has 1 aliphatic heterocycles. The van der Waals surface area contributed by atoms with Crippen molar-refractivity contribution in [3.63, 3.8) is 0 Å². The highest BCUT2D eigenvalue weighted by atomic mass is 32.2. The van der Waals surface area contributed by atoms with E-state index in [0.717, 1.165) is 24.3 Å². The Balaban J connectivity index is 2.30. The van der Waals surface area contributed by atoms with E-state index < -0.39 is 11.9 Å². The Morgan fingerprint density at radius 1 is 1.53 bits per heavy atom. The average Bonchev–Trinajstić information content (AvgIpc) is 2.18. The van der Waals surface area contributed by atoms with Crippen molar-refractivity contribution in [2.24, 2.45) is 11.5 Å². The average molecular weight is 231 g/mol. The van der Waals surface area contributed by atoms with Crippen LogP contribution in [0.25, 0.3) is 0 Å². The van der Waals surface area contributed by atoms with Crippen molar-refractivity contribution >= 4 is 23.6 Å². The second-order valence-electron chi connectivity index (χ2n) is 3.70. The van der Waals surface area contributed by atoms with Gasteiger partial charge in [-0.2, -0.15) is 11.8 Å². The van der Waals surface area contributed by atoms with Gasteiger partial charge in [-0.3, -0.25) is 9.59 Å². The Labute approximate surface area is 93.3 Å². The maximum absolute atomic E-state index is 11.5. The molecule has 1 rings (SSSR count). The lowest BCUT2D eigenvalue weighted by molar-refractivity contribution is -0.126. The number of primary amides is 1. The SMILES string of the molecule is NC(=O)CC(N)C(=O)NC1CCCSC1. The number of hydrogen-bond acceptors (Lipinski definition) is 4. The van der Waals surface area contributed by atoms with Crippen molar-refractivity contribution in [2.45, 2.75) is 31.3 Å². The normalized spacial score (nSPS) is 23.1. The fourth-order valence-corrected chi connectivity index (χ4v) is 2.54. The predicted molar refractivity (Wildman–Crippen MR) is 60.3 cm³/mol. The molecule has 5 N–H and O–H groups in total. The summed E-state index contributed by atoms with van der Waals surface area (Å²) in [5, 5.41) is 2.83. The first-order valence-corrected chi connectivity index (χ1v) is 6.17. The topological polar surface area (TPSA) is 98.2 Å². The molecule has 0 aliphatic carbocycles. The molecule has 0 radical (unpaired) electrons. The molecule has 6 heteroatoms. The monoisotopic (exact) mass is 231 g/mol. The van der Waals surface area contributed by atoms with Crippen LogP contribution in [0.4, 0.5) is 0 Å². The number of rotatable bonds is 4. The van der Waals surface area contributed by atoms with E-state index in [0.29, 0.717) is 0 Å². The molecule has 0 aromatic heterocycles. The van der Waals surface area contributed by atoms with Gasteiger partial charge in [-0.05, 0) is 18.6 Å². The van der Waals surface area contributed by atoms with Crippen LogP contribution < -0.4 is 16.8 Å². The van der Waals surface area contributed by atoms with Gasteiger partial charge >= 0.3 is 0 Å². The van der Waals surface area contributed by atoms with E-state index >= 15 is 0 Å². The maximum Gasteiger partial charge on any atom is 0.237 e. The Hall–Kier alpha value is -0.750. The van der Waals surface area contributed by atoms with Gasteiger partial charge in [-0.25, -0.2) is 0 Å². The molecular weight excluding hydrogens is 214 g/mol. The van der Waals surface area contributed by atoms with Gasteiger partial charge in [0.25, 0.3) is 0 Å². The van der Waals surface area contributed by atoms with Crippen molar-refractivity contribution in [2.75, 3.05) is 11.5 Å². The fraction of sp³-hybridized carbons (Fsp3) is 0.778. The highest BCUT2D eigenvalue weighted by Gasteiger charge is 2.21. The second-order valence-corrected chi connectivity index (χ2v) is 4.85. The smallest absolute Gasteiger partial charge is 0.237 e. The molecule has 2 atom stereocenters. The lowest BCUT2D eigenvalue weighted by Crippen LogP contribution is -2.48. The standard InChI is InChI=1S/C9H17N3O2S/c10-7(4-8(11)13)9(14)12-6-2-1-3-15-5-6/h6-7H,1-5,10H2,(H2,11,13)(H,12,14). The first-order chi connectivity index (χ1) is 7.09. The zero-order chi connectivity index (χ0) is 11.3. The summed E-state index contributed by atoms with van der Waals surface area (Å²) in [6, 6.07) is -0.621. The zero-order valence-corrected chi connectivity index (χ0v) is 9.39. The minimum atomic E-state index is -0.811. The minimum absolute atomic E-state index is 0.0916. The molecule has 1 fully saturated rings. The van der Waals surface area contributed by atoms with Gasteiger partial charge < -0.3 is 16.8 Å². The van der Waals surface area contributed by atoms with Gasteiger partial charge in [0, 0.05) is 11.8 Å². The number of amides is 2. The third kappa shape index (κ3) is 4.53. The molecule has 2 amide bonds. The van der Waals surface area contributed by atoms with E-state index in [4.69, 9.17) is 11.5 Å². The molecular formula is C9H17N3O2S. The van der Waals surface area contributed by atoms with Crippen LogP contribution in [0, 0.1) is 0 Å². The Bertz CT molecular complexity index is 242. The third-order valence-electron chi connectivity index (χ3n) is 2.26. The summed E-state index contributed by atoms with van der Waals surface area (Å²) in [5.74, 6) is 1.26. The van der Waals surface area contributed by atoms with Crippen molar-refractivity contribution in [1.82, 2.24) is 5.32 Å². The molecule has 2 unspecified atom stereocenters. The summed E-state index contributed by atoms with van der Waals surface area (Å²) in [6.07, 6.45) is 2.01. The highest BCUT2D eigenvalue weighted by molar-refractivity contribution is 7.99. The van der Waals surface area contributed by atoms with E-state index in [9.17, 15) is 9.59 Å². The second kappa shape index (κ2) is 5.97. The largest absolute Gasteiger partial charge is 0.370 e. The number of carbonyl (C=O) groups is 2. The van der Waals surface area contributed by atoms with Crippen molar-refractivity contribution < 1.29 is 9.59 Å². The third-order valence-corrected chi connectivity index (χ3v) is 3.48. The number of thioether (sulfide) groups is 1. The summed E-state index contributed by atoms with van der Waals surface area (Å²) in [7, 11) is 0. The van der Waals surface area contributed by atoms with Gasteiger partial charge in [0.15, 0.2) is 0 Å². The summed E-state index contributed by atoms with van der Waals surface area (Å²) < 4.78 is 0. The van der Waals surface area contributed by atoms with Crippen molar-refractivity contribution in [1.29, 1.82) is 0 Å². The Morgan fingerprint density at radius 2 is 2.27 bits per heavy atom. The maximum atomic E-state index is 11.5. The Kier molecular flexibility index (Phi) is 4.90. The summed E-state index contributed by atoms with van der Waals surface area (Å²) >= 11 is 1.82. The van der Waals surface area contributed by atoms with E-state index in [2.05, 4.69) is 5.32 Å². The molecule has 1 saturated heterocycles. The molecule has 15 heavy (non-hydrogen) atoms.